The molecule has 27 heavy (non-hydrogen) atoms. The van der Waals surface area contributed by atoms with Crippen LogP contribution in [0.25, 0.3) is 5.57 Å². The summed E-state index contributed by atoms with van der Waals surface area (Å²) in [6.07, 6.45) is 1.92. The summed E-state index contributed by atoms with van der Waals surface area (Å²) in [6.45, 7) is 4.75. The van der Waals surface area contributed by atoms with Gasteiger partial charge in [-0.15, -0.1) is 0 Å². The molecule has 2 rings (SSSR count). The summed E-state index contributed by atoms with van der Waals surface area (Å²) < 4.78 is 0. The van der Waals surface area contributed by atoms with Crippen molar-refractivity contribution >= 4 is 23.1 Å². The highest BCUT2D eigenvalue weighted by atomic mass is 35.5. The average molecular weight is 382 g/mol. The number of likely N-dealkylation sites (N-methyl/N-ethyl adjacent to an activating group) is 1. The first kappa shape index (κ1) is 20.8. The predicted octanol–water partition coefficient (Wildman–Crippen LogP) is 4.91. The molecule has 0 heterocycles. The van der Waals surface area contributed by atoms with E-state index in [9.17, 15) is 4.79 Å². The Kier molecular flexibility index (Phi) is 7.67. The number of hydrogen-bond acceptors (Lipinski definition) is 2. The van der Waals surface area contributed by atoms with E-state index in [1.54, 1.807) is 11.9 Å². The lowest BCUT2D eigenvalue weighted by molar-refractivity contribution is -0.137. The number of hydrogen-bond donors (Lipinski definition) is 1. The topological polar surface area (TPSA) is 40.5 Å². The van der Waals surface area contributed by atoms with Crippen LogP contribution in [0.15, 0.2) is 54.6 Å². The normalized spacial score (nSPS) is 11.4. The van der Waals surface area contributed by atoms with Crippen molar-refractivity contribution in [2.45, 2.75) is 19.8 Å². The molecule has 0 amide bonds. The summed E-state index contributed by atoms with van der Waals surface area (Å²) in [5, 5.41) is 9.53. The van der Waals surface area contributed by atoms with Crippen LogP contribution in [-0.4, -0.2) is 36.1 Å². The fourth-order valence-corrected chi connectivity index (χ4v) is 2.78. The van der Waals surface area contributed by atoms with Crippen LogP contribution in [0.1, 0.15) is 36.5 Å². The molecule has 0 aromatic heterocycles. The van der Waals surface area contributed by atoms with Gasteiger partial charge < -0.3 is 5.11 Å². The highest BCUT2D eigenvalue weighted by molar-refractivity contribution is 6.32. The van der Waals surface area contributed by atoms with Crippen LogP contribution in [0.2, 0.25) is 5.02 Å². The summed E-state index contributed by atoms with van der Waals surface area (Å²) in [5.74, 6) is 6.01. The van der Waals surface area contributed by atoms with Crippen LogP contribution in [-0.2, 0) is 4.79 Å². The van der Waals surface area contributed by atoms with Crippen molar-refractivity contribution in [3.63, 3.8) is 0 Å². The van der Waals surface area contributed by atoms with E-state index in [2.05, 4.69) is 37.8 Å². The van der Waals surface area contributed by atoms with Crippen LogP contribution in [0.5, 0.6) is 0 Å². The highest BCUT2D eigenvalue weighted by Gasteiger charge is 2.06. The Balaban J connectivity index is 2.30. The van der Waals surface area contributed by atoms with Crippen LogP contribution < -0.4 is 0 Å². The number of carbonyl (C=O) groups is 1. The largest absolute Gasteiger partial charge is 0.480 e. The second-order valence-corrected chi connectivity index (χ2v) is 7.12. The first-order chi connectivity index (χ1) is 12.9. The van der Waals surface area contributed by atoms with Crippen LogP contribution >= 0.6 is 11.6 Å². The van der Waals surface area contributed by atoms with Crippen molar-refractivity contribution < 1.29 is 9.90 Å². The average Bonchev–Trinajstić information content (AvgIpc) is 2.62. The highest BCUT2D eigenvalue weighted by Crippen LogP contribution is 2.23. The minimum Gasteiger partial charge on any atom is -0.480 e. The molecule has 0 aliphatic heterocycles. The Hall–Kier alpha value is -2.54. The molecule has 0 unspecified atom stereocenters. The van der Waals surface area contributed by atoms with Gasteiger partial charge in [-0.3, -0.25) is 9.69 Å². The molecule has 0 radical (unpaired) electrons. The number of aliphatic carboxylic acids is 1. The zero-order valence-electron chi connectivity index (χ0n) is 15.9. The number of carboxylic acid groups (broad SMARTS) is 1. The van der Waals surface area contributed by atoms with Gasteiger partial charge in [0, 0.05) is 28.3 Å². The van der Waals surface area contributed by atoms with Crippen molar-refractivity contribution in [3.8, 4) is 11.8 Å². The van der Waals surface area contributed by atoms with Gasteiger partial charge in [0.2, 0.25) is 0 Å². The number of halogens is 1. The molecule has 0 bridgehead atoms. The lowest BCUT2D eigenvalue weighted by atomic mass is 10.0. The lowest BCUT2D eigenvalue weighted by Gasteiger charge is -2.12. The van der Waals surface area contributed by atoms with Crippen molar-refractivity contribution in [2.75, 3.05) is 20.1 Å². The van der Waals surface area contributed by atoms with E-state index in [1.807, 2.05) is 42.5 Å². The number of rotatable bonds is 6. The molecule has 0 aliphatic carbocycles. The summed E-state index contributed by atoms with van der Waals surface area (Å²) in [4.78, 5) is 12.6. The molecule has 2 aromatic rings. The van der Waals surface area contributed by atoms with E-state index >= 15 is 0 Å². The Morgan fingerprint density at radius 1 is 1.19 bits per heavy atom. The summed E-state index contributed by atoms with van der Waals surface area (Å²) in [7, 11) is 1.76. The fourth-order valence-electron chi connectivity index (χ4n) is 2.54. The maximum Gasteiger partial charge on any atom is 0.317 e. The van der Waals surface area contributed by atoms with Gasteiger partial charge >= 0.3 is 5.97 Å². The van der Waals surface area contributed by atoms with Crippen molar-refractivity contribution in [2.24, 2.45) is 0 Å². The second-order valence-electron chi connectivity index (χ2n) is 6.71. The molecule has 0 spiro atoms. The van der Waals surface area contributed by atoms with E-state index in [0.29, 0.717) is 17.5 Å². The molecule has 0 atom stereocenters. The SMILES string of the molecule is CC(C)c1ccc(C#C/C(=C/CN(C)CC(=O)O)c2ccccc2Cl)cc1. The van der Waals surface area contributed by atoms with Crippen molar-refractivity contribution in [1.82, 2.24) is 4.90 Å². The number of carboxylic acids is 1. The Morgan fingerprint density at radius 3 is 2.44 bits per heavy atom. The minimum absolute atomic E-state index is 0.0314. The van der Waals surface area contributed by atoms with E-state index < -0.39 is 5.97 Å². The van der Waals surface area contributed by atoms with Crippen LogP contribution in [0.3, 0.4) is 0 Å². The molecule has 3 nitrogen and oxygen atoms in total. The quantitative estimate of drug-likeness (QED) is 0.722. The maximum absolute atomic E-state index is 10.9. The van der Waals surface area contributed by atoms with Crippen LogP contribution in [0.4, 0.5) is 0 Å². The van der Waals surface area contributed by atoms with E-state index in [0.717, 1.165) is 16.7 Å². The number of benzene rings is 2. The molecular formula is C23H24ClNO2. The zero-order chi connectivity index (χ0) is 19.8. The molecule has 0 saturated heterocycles. The Morgan fingerprint density at radius 2 is 1.85 bits per heavy atom. The first-order valence-corrected chi connectivity index (χ1v) is 9.22. The first-order valence-electron chi connectivity index (χ1n) is 8.84. The summed E-state index contributed by atoms with van der Waals surface area (Å²) in [5.41, 5.74) is 3.83. The van der Waals surface area contributed by atoms with Gasteiger partial charge in [0.15, 0.2) is 0 Å². The fraction of sp³-hybridized carbons (Fsp3) is 0.261. The molecule has 140 valence electrons. The lowest BCUT2D eigenvalue weighted by Crippen LogP contribution is -2.25. The predicted molar refractivity (Wildman–Crippen MR) is 112 cm³/mol. The molecule has 0 aliphatic rings. The van der Waals surface area contributed by atoms with Crippen LogP contribution in [0, 0.1) is 11.8 Å². The molecular weight excluding hydrogens is 358 g/mol. The molecule has 1 N–H and O–H groups in total. The van der Waals surface area contributed by atoms with Gasteiger partial charge in [-0.2, -0.15) is 0 Å². The van der Waals surface area contributed by atoms with E-state index in [-0.39, 0.29) is 6.54 Å². The molecule has 2 aromatic carbocycles. The summed E-state index contributed by atoms with van der Waals surface area (Å²) in [6, 6.07) is 15.7. The van der Waals surface area contributed by atoms with Gasteiger partial charge in [0.05, 0.1) is 6.54 Å². The monoisotopic (exact) mass is 381 g/mol. The Labute approximate surface area is 166 Å². The molecule has 0 fully saturated rings. The molecule has 0 saturated carbocycles. The third-order valence-corrected chi connectivity index (χ3v) is 4.42. The smallest absolute Gasteiger partial charge is 0.317 e. The molecule has 4 heteroatoms. The third kappa shape index (κ3) is 6.60. The van der Waals surface area contributed by atoms with Gasteiger partial charge in [0.25, 0.3) is 0 Å². The van der Waals surface area contributed by atoms with Gasteiger partial charge in [0.1, 0.15) is 0 Å². The van der Waals surface area contributed by atoms with E-state index in [4.69, 9.17) is 16.7 Å². The Bertz CT molecular complexity index is 873. The maximum atomic E-state index is 10.9. The summed E-state index contributed by atoms with van der Waals surface area (Å²) >= 11 is 6.34. The third-order valence-electron chi connectivity index (χ3n) is 4.10. The number of nitrogens with zero attached hydrogens (tertiary/aromatic N) is 1. The van der Waals surface area contributed by atoms with Gasteiger partial charge in [-0.05, 0) is 36.7 Å². The standard InChI is InChI=1S/C23H24ClNO2/c1-17(2)19-11-8-18(9-12-19)10-13-20(14-15-25(3)16-23(26)27)21-6-4-5-7-22(21)24/h4-9,11-12,14,17H,15-16H2,1-3H3,(H,26,27)/b20-14-. The van der Waals surface area contributed by atoms with Crippen molar-refractivity contribution in [1.29, 1.82) is 0 Å². The van der Waals surface area contributed by atoms with Gasteiger partial charge in [-0.25, -0.2) is 0 Å². The van der Waals surface area contributed by atoms with Gasteiger partial charge in [-0.1, -0.05) is 73.7 Å². The minimum atomic E-state index is -0.860. The second kappa shape index (κ2) is 9.97. The zero-order valence-corrected chi connectivity index (χ0v) is 16.6. The van der Waals surface area contributed by atoms with E-state index in [1.165, 1.54) is 5.56 Å². The number of allylic oxidation sites excluding steroid dienone is 1. The van der Waals surface area contributed by atoms with Crippen molar-refractivity contribution in [3.05, 3.63) is 76.3 Å².